The van der Waals surface area contributed by atoms with Crippen molar-refractivity contribution in [2.75, 3.05) is 46.6 Å². The highest BCUT2D eigenvalue weighted by atomic mass is 16.1. The van der Waals surface area contributed by atoms with Crippen LogP contribution in [0, 0.1) is 0 Å². The van der Waals surface area contributed by atoms with Gasteiger partial charge in [0.15, 0.2) is 17.0 Å². The number of imidazole rings is 1. The lowest BCUT2D eigenvalue weighted by Crippen LogP contribution is -2.47. The van der Waals surface area contributed by atoms with Gasteiger partial charge in [-0.15, -0.1) is 0 Å². The number of fused-ring (bicyclic) bond motifs is 1. The third-order valence-electron chi connectivity index (χ3n) is 5.97. The van der Waals surface area contributed by atoms with E-state index in [-0.39, 0.29) is 11.9 Å². The maximum atomic E-state index is 11.3. The second-order valence-corrected chi connectivity index (χ2v) is 8.84. The molecule has 1 amide bonds. The van der Waals surface area contributed by atoms with Gasteiger partial charge in [0, 0.05) is 56.7 Å². The highest BCUT2D eigenvalue weighted by Gasteiger charge is 2.23. The molecular weight excluding hydrogens is 442 g/mol. The van der Waals surface area contributed by atoms with Gasteiger partial charge in [-0.2, -0.15) is 9.97 Å². The molecule has 2 N–H and O–H groups in total. The quantitative estimate of drug-likeness (QED) is 0.437. The Morgan fingerprint density at radius 2 is 1.63 bits per heavy atom. The number of piperazine rings is 1. The Bertz CT molecular complexity index is 1310. The van der Waals surface area contributed by atoms with Gasteiger partial charge in [0.05, 0.1) is 6.33 Å². The molecule has 0 radical (unpaired) electrons. The summed E-state index contributed by atoms with van der Waals surface area (Å²) in [6.07, 6.45) is 3.64. The number of anilines is 5. The third-order valence-corrected chi connectivity index (χ3v) is 5.97. The molecule has 35 heavy (non-hydrogen) atoms. The molecule has 0 saturated carbocycles. The predicted molar refractivity (Wildman–Crippen MR) is 138 cm³/mol. The lowest BCUT2D eigenvalue weighted by molar-refractivity contribution is -0.114. The van der Waals surface area contributed by atoms with Crippen LogP contribution in [-0.2, 0) is 4.79 Å². The Labute approximate surface area is 204 Å². The average molecular weight is 472 g/mol. The monoisotopic (exact) mass is 471 g/mol. The molecule has 1 saturated heterocycles. The summed E-state index contributed by atoms with van der Waals surface area (Å²) in [6, 6.07) is 13.7. The summed E-state index contributed by atoms with van der Waals surface area (Å²) in [5.74, 6) is 2.23. The van der Waals surface area contributed by atoms with E-state index >= 15 is 0 Å². The van der Waals surface area contributed by atoms with Crippen molar-refractivity contribution in [3.05, 3.63) is 55.0 Å². The molecule has 1 fully saturated rings. The van der Waals surface area contributed by atoms with Gasteiger partial charge in [-0.25, -0.2) is 9.97 Å². The van der Waals surface area contributed by atoms with Crippen molar-refractivity contribution in [1.82, 2.24) is 24.5 Å². The van der Waals surface area contributed by atoms with Crippen molar-refractivity contribution >= 4 is 46.0 Å². The van der Waals surface area contributed by atoms with Crippen LogP contribution in [0.2, 0.25) is 0 Å². The first kappa shape index (κ1) is 22.6. The van der Waals surface area contributed by atoms with Crippen LogP contribution in [0.5, 0.6) is 0 Å². The van der Waals surface area contributed by atoms with Gasteiger partial charge in [0.25, 0.3) is 0 Å². The van der Waals surface area contributed by atoms with Gasteiger partial charge in [0.1, 0.15) is 5.82 Å². The highest BCUT2D eigenvalue weighted by molar-refractivity contribution is 5.89. The first-order chi connectivity index (χ1) is 17.0. The zero-order chi connectivity index (χ0) is 24.4. The standard InChI is InChI=1S/C25H29N9O/c1-17(2)34-16-27-22-23(29-20-9-7-19(8-10-20)28-18(3)35)30-25(31-24(22)34)33-14-12-32(13-15-33)21-6-4-5-11-26-21/h4-11,16-17H,12-15H2,1-3H3,(H,28,35)(H,29,30,31). The Hall–Kier alpha value is -4.21. The SMILES string of the molecule is CC(=O)Nc1ccc(Nc2nc(N3CCN(c4ccccn4)CC3)nc3c2ncn3C(C)C)cc1. The molecule has 0 atom stereocenters. The number of carbonyl (C=O) groups is 1. The van der Waals surface area contributed by atoms with Crippen LogP contribution in [0.3, 0.4) is 0 Å². The maximum absolute atomic E-state index is 11.3. The number of aromatic nitrogens is 5. The summed E-state index contributed by atoms with van der Waals surface area (Å²) in [7, 11) is 0. The fraction of sp³-hybridized carbons (Fsp3) is 0.320. The fourth-order valence-corrected chi connectivity index (χ4v) is 4.16. The summed E-state index contributed by atoms with van der Waals surface area (Å²) in [5, 5.41) is 6.19. The Balaban J connectivity index is 1.43. The van der Waals surface area contributed by atoms with E-state index < -0.39 is 0 Å². The maximum Gasteiger partial charge on any atom is 0.229 e. The van der Waals surface area contributed by atoms with Crippen molar-refractivity contribution in [3.63, 3.8) is 0 Å². The van der Waals surface area contributed by atoms with Crippen LogP contribution >= 0.6 is 0 Å². The Morgan fingerprint density at radius 3 is 2.29 bits per heavy atom. The van der Waals surface area contributed by atoms with E-state index in [1.165, 1.54) is 6.92 Å². The molecule has 3 aromatic heterocycles. The number of hydrogen-bond donors (Lipinski definition) is 2. The van der Waals surface area contributed by atoms with Crippen molar-refractivity contribution < 1.29 is 4.79 Å². The van der Waals surface area contributed by atoms with Crippen LogP contribution in [0.1, 0.15) is 26.8 Å². The zero-order valence-corrected chi connectivity index (χ0v) is 20.1. The van der Waals surface area contributed by atoms with Crippen molar-refractivity contribution in [2.45, 2.75) is 26.8 Å². The van der Waals surface area contributed by atoms with Gasteiger partial charge in [-0.1, -0.05) is 6.07 Å². The van der Waals surface area contributed by atoms with Crippen LogP contribution in [-0.4, -0.2) is 56.6 Å². The van der Waals surface area contributed by atoms with E-state index in [0.29, 0.717) is 11.8 Å². The molecule has 5 rings (SSSR count). The molecule has 180 valence electrons. The number of benzene rings is 1. The molecule has 1 aliphatic heterocycles. The minimum absolute atomic E-state index is 0.102. The molecular formula is C25H29N9O. The number of rotatable bonds is 6. The summed E-state index contributed by atoms with van der Waals surface area (Å²) in [6.45, 7) is 8.99. The minimum Gasteiger partial charge on any atom is -0.353 e. The lowest BCUT2D eigenvalue weighted by atomic mass is 10.2. The normalized spacial score (nSPS) is 13.9. The molecule has 0 bridgehead atoms. The Kier molecular flexibility index (Phi) is 6.17. The van der Waals surface area contributed by atoms with E-state index in [4.69, 9.17) is 9.97 Å². The lowest BCUT2D eigenvalue weighted by Gasteiger charge is -2.35. The van der Waals surface area contributed by atoms with Crippen LogP contribution in [0.25, 0.3) is 11.2 Å². The number of carbonyl (C=O) groups excluding carboxylic acids is 1. The number of nitrogens with zero attached hydrogens (tertiary/aromatic N) is 7. The second kappa shape index (κ2) is 9.57. The van der Waals surface area contributed by atoms with Gasteiger partial charge in [0.2, 0.25) is 11.9 Å². The minimum atomic E-state index is -0.102. The van der Waals surface area contributed by atoms with Crippen LogP contribution < -0.4 is 20.4 Å². The first-order valence-corrected chi connectivity index (χ1v) is 11.8. The van der Waals surface area contributed by atoms with Gasteiger partial charge in [-0.3, -0.25) is 4.79 Å². The van der Waals surface area contributed by atoms with E-state index in [1.54, 1.807) is 0 Å². The van der Waals surface area contributed by atoms with Gasteiger partial charge < -0.3 is 25.0 Å². The molecule has 1 aromatic carbocycles. The molecule has 10 heteroatoms. The second-order valence-electron chi connectivity index (χ2n) is 8.84. The molecule has 0 spiro atoms. The smallest absolute Gasteiger partial charge is 0.229 e. The van der Waals surface area contributed by atoms with Gasteiger partial charge in [-0.05, 0) is 50.2 Å². The largest absolute Gasteiger partial charge is 0.353 e. The summed E-state index contributed by atoms with van der Waals surface area (Å²) in [5.41, 5.74) is 3.12. The molecule has 4 heterocycles. The average Bonchev–Trinajstić information content (AvgIpc) is 3.30. The molecule has 1 aliphatic rings. The zero-order valence-electron chi connectivity index (χ0n) is 20.1. The molecule has 10 nitrogen and oxygen atoms in total. The summed E-state index contributed by atoms with van der Waals surface area (Å²) < 4.78 is 2.07. The van der Waals surface area contributed by atoms with Crippen molar-refractivity contribution in [1.29, 1.82) is 0 Å². The fourth-order valence-electron chi connectivity index (χ4n) is 4.16. The Morgan fingerprint density at radius 1 is 0.914 bits per heavy atom. The predicted octanol–water partition coefficient (Wildman–Crippen LogP) is 3.83. The van der Waals surface area contributed by atoms with Crippen LogP contribution in [0.15, 0.2) is 55.0 Å². The number of hydrogen-bond acceptors (Lipinski definition) is 8. The van der Waals surface area contributed by atoms with Gasteiger partial charge >= 0.3 is 0 Å². The molecule has 0 aliphatic carbocycles. The number of pyridine rings is 1. The molecule has 4 aromatic rings. The molecule has 0 unspecified atom stereocenters. The van der Waals surface area contributed by atoms with E-state index in [0.717, 1.165) is 54.5 Å². The van der Waals surface area contributed by atoms with E-state index in [1.807, 2.05) is 55.0 Å². The summed E-state index contributed by atoms with van der Waals surface area (Å²) in [4.78, 5) is 34.7. The first-order valence-electron chi connectivity index (χ1n) is 11.8. The third kappa shape index (κ3) is 4.86. The van der Waals surface area contributed by atoms with E-state index in [9.17, 15) is 4.79 Å². The number of nitrogens with one attached hydrogen (secondary N) is 2. The van der Waals surface area contributed by atoms with E-state index in [2.05, 4.69) is 48.8 Å². The summed E-state index contributed by atoms with van der Waals surface area (Å²) >= 11 is 0. The van der Waals surface area contributed by atoms with Crippen molar-refractivity contribution in [3.8, 4) is 0 Å². The topological polar surface area (TPSA) is 104 Å². The number of amides is 1. The van der Waals surface area contributed by atoms with Crippen molar-refractivity contribution in [2.24, 2.45) is 0 Å². The van der Waals surface area contributed by atoms with Crippen LogP contribution in [0.4, 0.5) is 29.0 Å². The highest BCUT2D eigenvalue weighted by Crippen LogP contribution is 2.28.